The van der Waals surface area contributed by atoms with Crippen molar-refractivity contribution in [3.8, 4) is 11.5 Å². The van der Waals surface area contributed by atoms with E-state index in [4.69, 9.17) is 9.47 Å². The number of nitrogens with zero attached hydrogens (tertiary/aromatic N) is 1. The van der Waals surface area contributed by atoms with Gasteiger partial charge in [-0.15, -0.1) is 0 Å². The van der Waals surface area contributed by atoms with Crippen molar-refractivity contribution in [1.82, 2.24) is 0 Å². The van der Waals surface area contributed by atoms with Crippen molar-refractivity contribution >= 4 is 23.0 Å². The van der Waals surface area contributed by atoms with E-state index >= 15 is 0 Å². The maximum Gasteiger partial charge on any atom is 0.340 e. The van der Waals surface area contributed by atoms with Crippen LogP contribution in [0, 0.1) is 19.3 Å². The Hall–Kier alpha value is -4.25. The zero-order valence-electron chi connectivity index (χ0n) is 25.5. The van der Waals surface area contributed by atoms with Crippen molar-refractivity contribution in [3.05, 3.63) is 112 Å². The van der Waals surface area contributed by atoms with E-state index in [-0.39, 0.29) is 11.4 Å². The van der Waals surface area contributed by atoms with Gasteiger partial charge in [-0.1, -0.05) is 64.4 Å². The van der Waals surface area contributed by atoms with Gasteiger partial charge in [-0.2, -0.15) is 0 Å². The zero-order valence-corrected chi connectivity index (χ0v) is 25.5. The molecule has 0 saturated heterocycles. The number of benzene rings is 4. The molecule has 2 aliphatic heterocycles. The minimum absolute atomic E-state index is 0.135. The summed E-state index contributed by atoms with van der Waals surface area (Å²) in [6.07, 6.45) is 2.24. The second kappa shape index (κ2) is 10.5. The van der Waals surface area contributed by atoms with E-state index in [1.165, 1.54) is 5.56 Å². The monoisotopic (exact) mass is 560 g/mol. The molecule has 5 nitrogen and oxygen atoms in total. The number of rotatable bonds is 7. The highest BCUT2D eigenvalue weighted by Gasteiger charge is 2.53. The minimum Gasteiger partial charge on any atom is -0.456 e. The van der Waals surface area contributed by atoms with Gasteiger partial charge in [-0.25, -0.2) is 4.79 Å². The molecule has 0 saturated carbocycles. The Morgan fingerprint density at radius 2 is 1.64 bits per heavy atom. The highest BCUT2D eigenvalue weighted by molar-refractivity contribution is 5.97. The largest absolute Gasteiger partial charge is 0.456 e. The topological polar surface area (TPSA) is 50.8 Å². The van der Waals surface area contributed by atoms with Gasteiger partial charge in [0, 0.05) is 52.9 Å². The quantitative estimate of drug-likeness (QED) is 0.228. The third-order valence-corrected chi connectivity index (χ3v) is 8.15. The molecule has 216 valence electrons. The summed E-state index contributed by atoms with van der Waals surface area (Å²) in [5.41, 5.74) is 7.40. The molecule has 0 fully saturated rings. The standard InChI is InChI=1S/C37H40N2O3/c1-7-8-18-39(23-36(4,5)6)27-16-17-30-34(21-27)41-33-20-25(3)32(38-26-13-11-12-24(2)19-26)22-31(33)37(30)29-15-10-9-14-28(29)35(40)42-37/h9-17,19-22,38H,7-8,18,23H2,1-6H3. The van der Waals surface area contributed by atoms with Gasteiger partial charge in [0.1, 0.15) is 11.5 Å². The molecular formula is C37H40N2O3. The van der Waals surface area contributed by atoms with E-state index in [1.807, 2.05) is 30.3 Å². The Kier molecular flexibility index (Phi) is 7.00. The number of unbranched alkanes of at least 4 members (excludes halogenated alkanes) is 1. The number of hydrogen-bond acceptors (Lipinski definition) is 5. The van der Waals surface area contributed by atoms with Crippen LogP contribution >= 0.6 is 0 Å². The summed E-state index contributed by atoms with van der Waals surface area (Å²) in [5, 5.41) is 3.59. The maximum absolute atomic E-state index is 13.4. The van der Waals surface area contributed by atoms with Crippen LogP contribution in [0.3, 0.4) is 0 Å². The van der Waals surface area contributed by atoms with Crippen molar-refractivity contribution in [2.24, 2.45) is 5.41 Å². The van der Waals surface area contributed by atoms with Gasteiger partial charge in [-0.05, 0) is 79.3 Å². The van der Waals surface area contributed by atoms with Crippen LogP contribution < -0.4 is 15.0 Å². The Bertz CT molecular complexity index is 1670. The average molecular weight is 561 g/mol. The molecule has 2 aliphatic rings. The highest BCUT2D eigenvalue weighted by atomic mass is 16.6. The molecular weight excluding hydrogens is 520 g/mol. The van der Waals surface area contributed by atoms with E-state index in [0.717, 1.165) is 71.0 Å². The summed E-state index contributed by atoms with van der Waals surface area (Å²) >= 11 is 0. The number of ether oxygens (including phenoxy) is 2. The summed E-state index contributed by atoms with van der Waals surface area (Å²) in [7, 11) is 0. The molecule has 4 aromatic rings. The lowest BCUT2D eigenvalue weighted by Gasteiger charge is -2.38. The fourth-order valence-electron chi connectivity index (χ4n) is 6.24. The molecule has 4 aromatic carbocycles. The van der Waals surface area contributed by atoms with Gasteiger partial charge in [-0.3, -0.25) is 0 Å². The lowest BCUT2D eigenvalue weighted by atomic mass is 9.77. The van der Waals surface area contributed by atoms with Gasteiger partial charge in [0.2, 0.25) is 0 Å². The van der Waals surface area contributed by atoms with Crippen molar-refractivity contribution in [1.29, 1.82) is 0 Å². The fourth-order valence-corrected chi connectivity index (χ4v) is 6.24. The predicted molar refractivity (Wildman–Crippen MR) is 170 cm³/mol. The van der Waals surface area contributed by atoms with Crippen LogP contribution in [0.2, 0.25) is 0 Å². The first-order valence-corrected chi connectivity index (χ1v) is 15.0. The van der Waals surface area contributed by atoms with Crippen LogP contribution in [0.5, 0.6) is 11.5 Å². The molecule has 0 aromatic heterocycles. The van der Waals surface area contributed by atoms with Crippen molar-refractivity contribution in [2.75, 3.05) is 23.3 Å². The van der Waals surface area contributed by atoms with Crippen molar-refractivity contribution in [2.45, 2.75) is 60.0 Å². The van der Waals surface area contributed by atoms with Crippen LogP contribution in [0.15, 0.2) is 78.9 Å². The molecule has 0 radical (unpaired) electrons. The lowest BCUT2D eigenvalue weighted by molar-refractivity contribution is 0.0224. The third-order valence-electron chi connectivity index (χ3n) is 8.15. The average Bonchev–Trinajstić information content (AvgIpc) is 3.24. The first-order valence-electron chi connectivity index (χ1n) is 15.0. The lowest BCUT2D eigenvalue weighted by Crippen LogP contribution is -2.35. The molecule has 1 atom stereocenters. The fraction of sp³-hybridized carbons (Fsp3) is 0.324. The number of anilines is 3. The Labute approximate surface area is 249 Å². The molecule has 0 bridgehead atoms. The highest BCUT2D eigenvalue weighted by Crippen LogP contribution is 2.57. The van der Waals surface area contributed by atoms with Crippen LogP contribution in [0.4, 0.5) is 17.1 Å². The van der Waals surface area contributed by atoms with Crippen molar-refractivity contribution < 1.29 is 14.3 Å². The van der Waals surface area contributed by atoms with Crippen LogP contribution in [0.1, 0.15) is 78.7 Å². The van der Waals surface area contributed by atoms with Crippen LogP contribution in [-0.4, -0.2) is 19.1 Å². The number of fused-ring (bicyclic) bond motifs is 6. The number of aryl methyl sites for hydroxylation is 2. The minimum atomic E-state index is -1.11. The van der Waals surface area contributed by atoms with E-state index in [1.54, 1.807) is 0 Å². The first-order chi connectivity index (χ1) is 20.1. The van der Waals surface area contributed by atoms with Crippen LogP contribution in [0.25, 0.3) is 0 Å². The van der Waals surface area contributed by atoms with E-state index in [0.29, 0.717) is 11.3 Å². The SMILES string of the molecule is CCCCN(CC(C)(C)C)c1ccc2c(c1)Oc1cc(C)c(Nc3cccc(C)c3)cc1C21OC(=O)c2ccccc21. The zero-order chi connectivity index (χ0) is 29.6. The molecule has 1 unspecified atom stereocenters. The van der Waals surface area contributed by atoms with Crippen molar-refractivity contribution in [3.63, 3.8) is 0 Å². The van der Waals surface area contributed by atoms with E-state index < -0.39 is 5.60 Å². The molecule has 2 heterocycles. The Morgan fingerprint density at radius 3 is 2.40 bits per heavy atom. The van der Waals surface area contributed by atoms with Gasteiger partial charge in [0.25, 0.3) is 0 Å². The van der Waals surface area contributed by atoms with Gasteiger partial charge in [0.15, 0.2) is 5.60 Å². The van der Waals surface area contributed by atoms with Gasteiger partial charge >= 0.3 is 5.97 Å². The summed E-state index contributed by atoms with van der Waals surface area (Å²) in [6, 6.07) is 26.6. The summed E-state index contributed by atoms with van der Waals surface area (Å²) in [5.74, 6) is 1.10. The molecule has 42 heavy (non-hydrogen) atoms. The van der Waals surface area contributed by atoms with Gasteiger partial charge in [0.05, 0.1) is 5.56 Å². The summed E-state index contributed by atoms with van der Waals surface area (Å²) < 4.78 is 13.2. The number of carbonyl (C=O) groups excluding carboxylic acids is 1. The predicted octanol–water partition coefficient (Wildman–Crippen LogP) is 9.27. The Balaban J connectivity index is 1.52. The molecule has 5 heteroatoms. The molecule has 0 aliphatic carbocycles. The number of esters is 1. The maximum atomic E-state index is 13.4. The number of hydrogen-bond donors (Lipinski definition) is 1. The second-order valence-electron chi connectivity index (χ2n) is 12.9. The molecule has 6 rings (SSSR count). The van der Waals surface area contributed by atoms with E-state index in [2.05, 4.69) is 100 Å². The smallest absolute Gasteiger partial charge is 0.340 e. The molecule has 1 N–H and O–H groups in total. The second-order valence-corrected chi connectivity index (χ2v) is 12.9. The number of nitrogens with one attached hydrogen (secondary N) is 1. The summed E-state index contributed by atoms with van der Waals surface area (Å²) in [6.45, 7) is 15.1. The van der Waals surface area contributed by atoms with E-state index in [9.17, 15) is 4.79 Å². The first kappa shape index (κ1) is 27.9. The van der Waals surface area contributed by atoms with Crippen LogP contribution in [-0.2, 0) is 10.3 Å². The number of carbonyl (C=O) groups is 1. The molecule has 0 amide bonds. The molecule has 1 spiro atoms. The van der Waals surface area contributed by atoms with Gasteiger partial charge < -0.3 is 19.7 Å². The Morgan fingerprint density at radius 1 is 0.857 bits per heavy atom. The third kappa shape index (κ3) is 4.91. The summed E-state index contributed by atoms with van der Waals surface area (Å²) in [4.78, 5) is 15.9. The normalized spacial score (nSPS) is 16.8.